The fourth-order valence-electron chi connectivity index (χ4n) is 5.49. The quantitative estimate of drug-likeness (QED) is 0.706. The highest BCUT2D eigenvalue weighted by molar-refractivity contribution is 6.07. The summed E-state index contributed by atoms with van der Waals surface area (Å²) >= 11 is 0. The summed E-state index contributed by atoms with van der Waals surface area (Å²) in [5.41, 5.74) is 0.837. The molecule has 2 amide bonds. The van der Waals surface area contributed by atoms with Gasteiger partial charge in [-0.25, -0.2) is 0 Å². The number of likely N-dealkylation sites (N-methyl/N-ethyl adjacent to an activating group) is 1. The van der Waals surface area contributed by atoms with E-state index in [0.29, 0.717) is 13.1 Å². The lowest BCUT2D eigenvalue weighted by Crippen LogP contribution is -2.53. The molecule has 0 atom stereocenters. The fourth-order valence-corrected chi connectivity index (χ4v) is 5.49. The van der Waals surface area contributed by atoms with E-state index >= 15 is 0 Å². The van der Waals surface area contributed by atoms with Crippen LogP contribution in [0.3, 0.4) is 0 Å². The van der Waals surface area contributed by atoms with Crippen molar-refractivity contribution < 1.29 is 9.59 Å². The van der Waals surface area contributed by atoms with Crippen molar-refractivity contribution in [2.45, 2.75) is 56.9 Å². The Morgan fingerprint density at radius 3 is 2.31 bits per heavy atom. The number of piperidine rings is 1. The number of rotatable bonds is 5. The minimum Gasteiger partial charge on any atom is -0.354 e. The Bertz CT molecular complexity index is 934. The van der Waals surface area contributed by atoms with Crippen molar-refractivity contribution in [2.75, 3.05) is 33.7 Å². The van der Waals surface area contributed by atoms with E-state index in [1.165, 1.54) is 25.7 Å². The predicted molar refractivity (Wildman–Crippen MR) is 130 cm³/mol. The summed E-state index contributed by atoms with van der Waals surface area (Å²) in [4.78, 5) is 30.4. The Morgan fingerprint density at radius 1 is 0.969 bits per heavy atom. The van der Waals surface area contributed by atoms with Gasteiger partial charge in [0.2, 0.25) is 5.91 Å². The Labute approximate surface area is 192 Å². The van der Waals surface area contributed by atoms with Crippen molar-refractivity contribution >= 4 is 22.6 Å². The van der Waals surface area contributed by atoms with Crippen molar-refractivity contribution in [3.05, 3.63) is 48.0 Å². The lowest BCUT2D eigenvalue weighted by atomic mass is 9.88. The third-order valence-electron chi connectivity index (χ3n) is 7.75. The van der Waals surface area contributed by atoms with Gasteiger partial charge in [-0.15, -0.1) is 0 Å². The Balaban J connectivity index is 1.34. The largest absolute Gasteiger partial charge is 0.354 e. The minimum atomic E-state index is -0.00319. The summed E-state index contributed by atoms with van der Waals surface area (Å²) in [6.45, 7) is 2.01. The molecule has 0 aromatic heterocycles. The number of likely N-dealkylation sites (tertiary alicyclic amines) is 1. The van der Waals surface area contributed by atoms with Crippen LogP contribution in [-0.2, 0) is 4.79 Å². The number of nitrogens with one attached hydrogen (secondary N) is 1. The van der Waals surface area contributed by atoms with Crippen LogP contribution in [0, 0.1) is 5.92 Å². The van der Waals surface area contributed by atoms with E-state index < -0.39 is 0 Å². The van der Waals surface area contributed by atoms with Gasteiger partial charge >= 0.3 is 0 Å². The number of amides is 2. The first-order valence-electron chi connectivity index (χ1n) is 12.2. The van der Waals surface area contributed by atoms with Gasteiger partial charge in [-0.1, -0.05) is 62.1 Å². The molecule has 0 unspecified atom stereocenters. The molecule has 1 aliphatic heterocycles. The summed E-state index contributed by atoms with van der Waals surface area (Å²) in [6.07, 6.45) is 8.84. The standard InChI is InChI=1S/C27H37N3O2/c1-29(2)27(16-7-3-4-8-17-27)20-28-25(31)22-14-18-30(19-15-22)26(32)24-13-9-11-21-10-5-6-12-23(21)24/h5-6,9-13,22H,3-4,7-8,14-20H2,1-2H3,(H,28,31). The first-order valence-corrected chi connectivity index (χ1v) is 12.2. The molecule has 5 nitrogen and oxygen atoms in total. The normalized spacial score (nSPS) is 19.7. The maximum Gasteiger partial charge on any atom is 0.254 e. The summed E-state index contributed by atoms with van der Waals surface area (Å²) < 4.78 is 0. The molecule has 172 valence electrons. The second kappa shape index (κ2) is 10.0. The minimum absolute atomic E-state index is 0.00319. The molecule has 1 heterocycles. The van der Waals surface area contributed by atoms with Crippen LogP contribution in [0.5, 0.6) is 0 Å². The maximum absolute atomic E-state index is 13.2. The molecule has 32 heavy (non-hydrogen) atoms. The van der Waals surface area contributed by atoms with E-state index in [9.17, 15) is 9.59 Å². The number of carbonyl (C=O) groups is 2. The average Bonchev–Trinajstić information content (AvgIpc) is 3.08. The van der Waals surface area contributed by atoms with Gasteiger partial charge in [0.15, 0.2) is 0 Å². The summed E-state index contributed by atoms with van der Waals surface area (Å²) in [6, 6.07) is 13.9. The highest BCUT2D eigenvalue weighted by Crippen LogP contribution is 2.31. The van der Waals surface area contributed by atoms with E-state index in [1.807, 2.05) is 47.4 Å². The molecule has 1 saturated carbocycles. The predicted octanol–water partition coefficient (Wildman–Crippen LogP) is 4.46. The van der Waals surface area contributed by atoms with Gasteiger partial charge in [0.25, 0.3) is 5.91 Å². The molecule has 0 radical (unpaired) electrons. The topological polar surface area (TPSA) is 52.7 Å². The molecule has 2 aliphatic rings. The SMILES string of the molecule is CN(C)C1(CNC(=O)C2CCN(C(=O)c3cccc4ccccc34)CC2)CCCCCC1. The van der Waals surface area contributed by atoms with Crippen LogP contribution in [0.4, 0.5) is 0 Å². The van der Waals surface area contributed by atoms with Crippen LogP contribution in [0.25, 0.3) is 10.8 Å². The van der Waals surface area contributed by atoms with Crippen molar-refractivity contribution in [1.29, 1.82) is 0 Å². The van der Waals surface area contributed by atoms with Crippen molar-refractivity contribution in [3.63, 3.8) is 0 Å². The number of benzene rings is 2. The lowest BCUT2D eigenvalue weighted by Gasteiger charge is -2.40. The number of fused-ring (bicyclic) bond motifs is 1. The Morgan fingerprint density at radius 2 is 1.62 bits per heavy atom. The molecule has 0 spiro atoms. The summed E-state index contributed by atoms with van der Waals surface area (Å²) in [5, 5.41) is 5.37. The lowest BCUT2D eigenvalue weighted by molar-refractivity contribution is -0.127. The highest BCUT2D eigenvalue weighted by atomic mass is 16.2. The Hall–Kier alpha value is -2.40. The number of carbonyl (C=O) groups excluding carboxylic acids is 2. The fraction of sp³-hybridized carbons (Fsp3) is 0.556. The molecule has 2 aromatic carbocycles. The highest BCUT2D eigenvalue weighted by Gasteiger charge is 2.35. The van der Waals surface area contributed by atoms with E-state index in [1.54, 1.807) is 0 Å². The molecular formula is C27H37N3O2. The van der Waals surface area contributed by atoms with E-state index in [-0.39, 0.29) is 23.3 Å². The zero-order chi connectivity index (χ0) is 22.6. The van der Waals surface area contributed by atoms with Crippen LogP contribution in [-0.4, -0.2) is 60.9 Å². The molecule has 2 aromatic rings. The molecular weight excluding hydrogens is 398 g/mol. The number of hydrogen-bond donors (Lipinski definition) is 1. The second-order valence-corrected chi connectivity index (χ2v) is 9.84. The first kappa shape index (κ1) is 22.8. The van der Waals surface area contributed by atoms with Gasteiger partial charge in [-0.05, 0) is 56.6 Å². The van der Waals surface area contributed by atoms with Crippen LogP contribution >= 0.6 is 0 Å². The van der Waals surface area contributed by atoms with E-state index in [2.05, 4.69) is 24.3 Å². The van der Waals surface area contributed by atoms with Gasteiger partial charge in [0, 0.05) is 36.7 Å². The monoisotopic (exact) mass is 435 g/mol. The number of nitrogens with zero attached hydrogens (tertiary/aromatic N) is 2. The molecule has 2 fully saturated rings. The zero-order valence-corrected chi connectivity index (χ0v) is 19.6. The van der Waals surface area contributed by atoms with Crippen LogP contribution < -0.4 is 5.32 Å². The number of hydrogen-bond acceptors (Lipinski definition) is 3. The molecule has 4 rings (SSSR count). The van der Waals surface area contributed by atoms with Gasteiger partial charge < -0.3 is 15.1 Å². The van der Waals surface area contributed by atoms with Gasteiger partial charge in [0.1, 0.15) is 0 Å². The van der Waals surface area contributed by atoms with Crippen molar-refractivity contribution in [2.24, 2.45) is 5.92 Å². The molecule has 5 heteroatoms. The summed E-state index contributed by atoms with van der Waals surface area (Å²) in [7, 11) is 4.30. The molecule has 1 saturated heterocycles. The summed E-state index contributed by atoms with van der Waals surface area (Å²) in [5.74, 6) is 0.231. The smallest absolute Gasteiger partial charge is 0.254 e. The zero-order valence-electron chi connectivity index (χ0n) is 19.6. The van der Waals surface area contributed by atoms with E-state index in [4.69, 9.17) is 0 Å². The first-order chi connectivity index (χ1) is 15.5. The second-order valence-electron chi connectivity index (χ2n) is 9.84. The van der Waals surface area contributed by atoms with Gasteiger partial charge in [-0.3, -0.25) is 9.59 Å². The van der Waals surface area contributed by atoms with Crippen LogP contribution in [0.2, 0.25) is 0 Å². The van der Waals surface area contributed by atoms with Crippen molar-refractivity contribution in [3.8, 4) is 0 Å². The van der Waals surface area contributed by atoms with Crippen LogP contribution in [0.1, 0.15) is 61.7 Å². The molecule has 1 aliphatic carbocycles. The molecule has 0 bridgehead atoms. The molecule has 1 N–H and O–H groups in total. The van der Waals surface area contributed by atoms with Gasteiger partial charge in [-0.2, -0.15) is 0 Å². The van der Waals surface area contributed by atoms with E-state index in [0.717, 1.165) is 48.6 Å². The third kappa shape index (κ3) is 4.83. The third-order valence-corrected chi connectivity index (χ3v) is 7.75. The Kier molecular flexibility index (Phi) is 7.14. The van der Waals surface area contributed by atoms with Crippen molar-refractivity contribution in [1.82, 2.24) is 15.1 Å². The van der Waals surface area contributed by atoms with Crippen LogP contribution in [0.15, 0.2) is 42.5 Å². The van der Waals surface area contributed by atoms with Gasteiger partial charge in [0.05, 0.1) is 0 Å². The maximum atomic E-state index is 13.2. The average molecular weight is 436 g/mol.